The Kier molecular flexibility index (Phi) is 6.03. The Bertz CT molecular complexity index is 1020. The van der Waals surface area contributed by atoms with Crippen molar-refractivity contribution in [3.63, 3.8) is 0 Å². The minimum atomic E-state index is 0.162. The molecule has 1 amide bonds. The molecule has 4 rings (SSSR count). The number of hydrogen-bond donors (Lipinski definition) is 0. The monoisotopic (exact) mass is 401 g/mol. The number of nitrogens with zero attached hydrogens (tertiary/aromatic N) is 1. The number of aryl methyl sites for hydroxylation is 1. The second-order valence-corrected chi connectivity index (χ2v) is 7.61. The van der Waals surface area contributed by atoms with Crippen LogP contribution >= 0.6 is 0 Å². The van der Waals surface area contributed by atoms with Crippen LogP contribution in [0.4, 0.5) is 0 Å². The maximum Gasteiger partial charge on any atom is 0.223 e. The molecule has 0 aliphatic carbocycles. The van der Waals surface area contributed by atoms with Crippen LogP contribution < -0.4 is 9.47 Å². The summed E-state index contributed by atoms with van der Waals surface area (Å²) in [6.45, 7) is 1.36. The van der Waals surface area contributed by atoms with Gasteiger partial charge in [-0.2, -0.15) is 0 Å². The molecule has 0 spiro atoms. The highest BCUT2D eigenvalue weighted by molar-refractivity contribution is 5.77. The van der Waals surface area contributed by atoms with Gasteiger partial charge >= 0.3 is 0 Å². The fourth-order valence-corrected chi connectivity index (χ4v) is 4.24. The van der Waals surface area contributed by atoms with Crippen LogP contribution in [0, 0.1) is 0 Å². The summed E-state index contributed by atoms with van der Waals surface area (Å²) in [4.78, 5) is 15.2. The molecule has 3 aromatic carbocycles. The van der Waals surface area contributed by atoms with Crippen molar-refractivity contribution in [3.8, 4) is 11.5 Å². The molecule has 0 N–H and O–H groups in total. The van der Waals surface area contributed by atoms with E-state index >= 15 is 0 Å². The number of fused-ring (bicyclic) bond motifs is 1. The lowest BCUT2D eigenvalue weighted by Crippen LogP contribution is -2.38. The molecule has 1 heterocycles. The number of rotatable bonds is 6. The molecule has 0 aromatic heterocycles. The molecule has 4 nitrogen and oxygen atoms in total. The van der Waals surface area contributed by atoms with Crippen molar-refractivity contribution in [2.24, 2.45) is 0 Å². The largest absolute Gasteiger partial charge is 0.497 e. The maximum atomic E-state index is 13.2. The van der Waals surface area contributed by atoms with Crippen LogP contribution in [0.1, 0.15) is 34.6 Å². The zero-order chi connectivity index (χ0) is 20.9. The predicted octanol–water partition coefficient (Wildman–Crippen LogP) is 4.81. The Hall–Kier alpha value is -3.27. The van der Waals surface area contributed by atoms with E-state index in [1.165, 1.54) is 16.7 Å². The van der Waals surface area contributed by atoms with Gasteiger partial charge in [0.05, 0.1) is 14.2 Å². The minimum Gasteiger partial charge on any atom is -0.497 e. The topological polar surface area (TPSA) is 38.8 Å². The molecule has 0 saturated carbocycles. The fraction of sp³-hybridized carbons (Fsp3) is 0.269. The summed E-state index contributed by atoms with van der Waals surface area (Å²) in [6, 6.07) is 24.6. The van der Waals surface area contributed by atoms with E-state index in [1.807, 2.05) is 29.2 Å². The molecule has 1 atom stereocenters. The lowest BCUT2D eigenvalue weighted by molar-refractivity contribution is -0.132. The van der Waals surface area contributed by atoms with E-state index in [1.54, 1.807) is 14.2 Å². The van der Waals surface area contributed by atoms with Gasteiger partial charge in [0, 0.05) is 25.4 Å². The second kappa shape index (κ2) is 9.04. The molecule has 0 unspecified atom stereocenters. The Morgan fingerprint density at radius 3 is 2.50 bits per heavy atom. The fourth-order valence-electron chi connectivity index (χ4n) is 4.24. The zero-order valence-electron chi connectivity index (χ0n) is 17.5. The number of methoxy groups -OCH3 is 2. The van der Waals surface area contributed by atoms with Crippen molar-refractivity contribution in [2.75, 3.05) is 20.8 Å². The summed E-state index contributed by atoms with van der Waals surface area (Å²) < 4.78 is 10.8. The van der Waals surface area contributed by atoms with Gasteiger partial charge in [0.25, 0.3) is 0 Å². The minimum absolute atomic E-state index is 0.162. The lowest BCUT2D eigenvalue weighted by atomic mass is 9.84. The van der Waals surface area contributed by atoms with Gasteiger partial charge in [0.15, 0.2) is 0 Å². The van der Waals surface area contributed by atoms with Crippen LogP contribution in [0.15, 0.2) is 72.8 Å². The number of carbonyl (C=O) groups excluding carboxylic acids is 1. The number of amides is 1. The predicted molar refractivity (Wildman–Crippen MR) is 118 cm³/mol. The Labute approximate surface area is 178 Å². The standard InChI is InChI=1S/C26H27NO3/c1-29-22-13-14-25(30-2)20(16-22)12-15-26(28)27-17-21-10-6-7-11-23(21)24(18-27)19-8-4-3-5-9-19/h3-11,13-14,16,24H,12,15,17-18H2,1-2H3/t24-/m1/s1. The Morgan fingerprint density at radius 2 is 1.73 bits per heavy atom. The van der Waals surface area contributed by atoms with Crippen molar-refractivity contribution in [1.29, 1.82) is 0 Å². The van der Waals surface area contributed by atoms with Crippen LogP contribution in [-0.2, 0) is 17.8 Å². The first kappa shape index (κ1) is 20.0. The van der Waals surface area contributed by atoms with E-state index in [2.05, 4.69) is 48.5 Å². The lowest BCUT2D eigenvalue weighted by Gasteiger charge is -2.35. The third-order valence-corrected chi connectivity index (χ3v) is 5.85. The molecule has 4 heteroatoms. The van der Waals surface area contributed by atoms with Gasteiger partial charge in [0.1, 0.15) is 11.5 Å². The van der Waals surface area contributed by atoms with Gasteiger partial charge in [-0.05, 0) is 46.9 Å². The third kappa shape index (κ3) is 4.18. The molecule has 0 radical (unpaired) electrons. The molecular formula is C26H27NO3. The Balaban J connectivity index is 1.53. The first-order valence-corrected chi connectivity index (χ1v) is 10.3. The number of ether oxygens (including phenoxy) is 2. The van der Waals surface area contributed by atoms with E-state index in [9.17, 15) is 4.79 Å². The summed E-state index contributed by atoms with van der Waals surface area (Å²) in [6.07, 6.45) is 1.06. The summed E-state index contributed by atoms with van der Waals surface area (Å²) in [7, 11) is 3.30. The first-order chi connectivity index (χ1) is 14.7. The zero-order valence-corrected chi connectivity index (χ0v) is 17.5. The van der Waals surface area contributed by atoms with Crippen LogP contribution in [0.5, 0.6) is 11.5 Å². The highest BCUT2D eigenvalue weighted by Crippen LogP contribution is 2.34. The summed E-state index contributed by atoms with van der Waals surface area (Å²) >= 11 is 0. The van der Waals surface area contributed by atoms with Gasteiger partial charge in [-0.25, -0.2) is 0 Å². The van der Waals surface area contributed by atoms with Gasteiger partial charge < -0.3 is 14.4 Å². The molecule has 0 fully saturated rings. The highest BCUT2D eigenvalue weighted by atomic mass is 16.5. The second-order valence-electron chi connectivity index (χ2n) is 7.61. The quantitative estimate of drug-likeness (QED) is 0.595. The number of carbonyl (C=O) groups is 1. The van der Waals surface area contributed by atoms with Crippen molar-refractivity contribution in [3.05, 3.63) is 95.1 Å². The van der Waals surface area contributed by atoms with Gasteiger partial charge in [0.2, 0.25) is 5.91 Å². The molecule has 0 saturated heterocycles. The maximum absolute atomic E-state index is 13.2. The van der Waals surface area contributed by atoms with Gasteiger partial charge in [-0.3, -0.25) is 4.79 Å². The number of hydrogen-bond acceptors (Lipinski definition) is 3. The molecule has 30 heavy (non-hydrogen) atoms. The van der Waals surface area contributed by atoms with Gasteiger partial charge in [-0.1, -0.05) is 54.6 Å². The van der Waals surface area contributed by atoms with Crippen molar-refractivity contribution >= 4 is 5.91 Å². The van der Waals surface area contributed by atoms with E-state index < -0.39 is 0 Å². The van der Waals surface area contributed by atoms with Crippen LogP contribution in [-0.4, -0.2) is 31.6 Å². The molecular weight excluding hydrogens is 374 g/mol. The van der Waals surface area contributed by atoms with E-state index in [4.69, 9.17) is 9.47 Å². The van der Waals surface area contributed by atoms with Crippen LogP contribution in [0.2, 0.25) is 0 Å². The molecule has 3 aromatic rings. The van der Waals surface area contributed by atoms with E-state index in [0.29, 0.717) is 25.9 Å². The van der Waals surface area contributed by atoms with E-state index in [0.717, 1.165) is 17.1 Å². The molecule has 0 bridgehead atoms. The van der Waals surface area contributed by atoms with E-state index in [-0.39, 0.29) is 11.8 Å². The average Bonchev–Trinajstić information content (AvgIpc) is 2.82. The van der Waals surface area contributed by atoms with Crippen molar-refractivity contribution < 1.29 is 14.3 Å². The SMILES string of the molecule is COc1ccc(OC)c(CCC(=O)N2Cc3ccccc3[C@@H](c3ccccc3)C2)c1. The first-order valence-electron chi connectivity index (χ1n) is 10.3. The molecule has 1 aliphatic heterocycles. The molecule has 154 valence electrons. The van der Waals surface area contributed by atoms with Crippen LogP contribution in [0.3, 0.4) is 0 Å². The average molecular weight is 402 g/mol. The summed E-state index contributed by atoms with van der Waals surface area (Å²) in [5.74, 6) is 1.92. The van der Waals surface area contributed by atoms with Crippen LogP contribution in [0.25, 0.3) is 0 Å². The van der Waals surface area contributed by atoms with Crippen molar-refractivity contribution in [2.45, 2.75) is 25.3 Å². The van der Waals surface area contributed by atoms with Crippen molar-refractivity contribution in [1.82, 2.24) is 4.90 Å². The summed E-state index contributed by atoms with van der Waals surface area (Å²) in [5, 5.41) is 0. The molecule has 1 aliphatic rings. The van der Waals surface area contributed by atoms with Gasteiger partial charge in [-0.15, -0.1) is 0 Å². The highest BCUT2D eigenvalue weighted by Gasteiger charge is 2.28. The third-order valence-electron chi connectivity index (χ3n) is 5.85. The smallest absolute Gasteiger partial charge is 0.223 e. The Morgan fingerprint density at radius 1 is 0.967 bits per heavy atom. The number of benzene rings is 3. The summed E-state index contributed by atoms with van der Waals surface area (Å²) in [5.41, 5.74) is 4.78. The normalized spacial score (nSPS) is 15.4.